The average molecular weight is 816 g/mol. The summed E-state index contributed by atoms with van der Waals surface area (Å²) in [6.07, 6.45) is -35.2. The molecule has 0 fully saturated rings. The molecule has 53 heavy (non-hydrogen) atoms. The Balaban J connectivity index is 2.18. The van der Waals surface area contributed by atoms with E-state index in [9.17, 15) is 87.8 Å². The Morgan fingerprint density at radius 2 is 0.981 bits per heavy atom. The summed E-state index contributed by atoms with van der Waals surface area (Å²) in [6.45, 7) is 2.06. The van der Waals surface area contributed by atoms with Crippen molar-refractivity contribution in [3.63, 3.8) is 0 Å². The molecule has 0 N–H and O–H groups in total. The molecule has 25 heteroatoms. The van der Waals surface area contributed by atoms with E-state index in [0.29, 0.717) is 18.6 Å². The van der Waals surface area contributed by atoms with Gasteiger partial charge in [0.2, 0.25) is 0 Å². The lowest BCUT2D eigenvalue weighted by Crippen LogP contribution is -2.66. The van der Waals surface area contributed by atoms with Gasteiger partial charge in [-0.15, -0.1) is 0 Å². The summed E-state index contributed by atoms with van der Waals surface area (Å²) in [5.74, 6) is -32.4. The minimum Gasteiger partial charge on any atom is -0.454 e. The summed E-state index contributed by atoms with van der Waals surface area (Å²) in [6, 6.07) is 2.93. The number of halogens is 20. The van der Waals surface area contributed by atoms with Gasteiger partial charge in [0, 0.05) is 18.0 Å². The number of unbranched alkanes of at least 4 members (excludes halogenated alkanes) is 5. The van der Waals surface area contributed by atoms with E-state index in [4.69, 9.17) is 0 Å². The molecular formula is C28H24F20N2O3. The molecular weight excluding hydrogens is 792 g/mol. The van der Waals surface area contributed by atoms with Gasteiger partial charge in [-0.3, -0.25) is 0 Å². The Hall–Kier alpha value is -3.38. The Morgan fingerprint density at radius 3 is 1.43 bits per heavy atom. The van der Waals surface area contributed by atoms with E-state index in [2.05, 4.69) is 21.6 Å². The van der Waals surface area contributed by atoms with Crippen LogP contribution in [0.15, 0.2) is 36.7 Å². The lowest BCUT2D eigenvalue weighted by atomic mass is 10.1. The summed E-state index contributed by atoms with van der Waals surface area (Å²) >= 11 is 0. The molecule has 2 aromatic rings. The van der Waals surface area contributed by atoms with Crippen molar-refractivity contribution in [2.75, 3.05) is 0 Å². The maximum Gasteiger partial charge on any atom is 0.460 e. The maximum atomic E-state index is 14.2. The van der Waals surface area contributed by atoms with Crippen LogP contribution in [-0.4, -0.2) is 70.6 Å². The number of aryl methyl sites for hydroxylation is 1. The zero-order chi connectivity index (χ0) is 41.1. The van der Waals surface area contributed by atoms with Crippen LogP contribution in [0.1, 0.15) is 51.0 Å². The van der Waals surface area contributed by atoms with Crippen LogP contribution in [0.2, 0.25) is 0 Å². The molecule has 0 amide bonds. The molecule has 0 aliphatic heterocycles. The van der Waals surface area contributed by atoms with E-state index >= 15 is 0 Å². The summed E-state index contributed by atoms with van der Waals surface area (Å²) < 4.78 is 274. The number of benzene rings is 1. The second-order valence-electron chi connectivity index (χ2n) is 11.0. The number of hydrogen-bond acceptors (Lipinski definition) is 5. The van der Waals surface area contributed by atoms with Crippen LogP contribution in [-0.2, 0) is 15.9 Å². The highest BCUT2D eigenvalue weighted by atomic mass is 19.4. The maximum absolute atomic E-state index is 14.2. The average Bonchev–Trinajstić information content (AvgIpc) is 3.01. The van der Waals surface area contributed by atoms with Crippen molar-refractivity contribution in [1.29, 1.82) is 0 Å². The monoisotopic (exact) mass is 816 g/mol. The first-order chi connectivity index (χ1) is 23.8. The van der Waals surface area contributed by atoms with Crippen LogP contribution in [0.5, 0.6) is 5.75 Å². The largest absolute Gasteiger partial charge is 0.460 e. The molecule has 0 saturated carbocycles. The Bertz CT molecular complexity index is 1470. The van der Waals surface area contributed by atoms with Gasteiger partial charge in [-0.25, -0.2) is 19.4 Å². The van der Waals surface area contributed by atoms with E-state index in [1.54, 1.807) is 0 Å². The highest BCUT2D eigenvalue weighted by Crippen LogP contribution is 2.57. The fraction of sp³-hybridized carbons (Fsp3) is 0.643. The quantitative estimate of drug-likeness (QED) is 0.0984. The van der Waals surface area contributed by atoms with Gasteiger partial charge in [0.15, 0.2) is 5.82 Å². The third-order valence-corrected chi connectivity index (χ3v) is 6.91. The van der Waals surface area contributed by atoms with Gasteiger partial charge >= 0.3 is 60.7 Å². The molecule has 0 spiro atoms. The molecule has 5 nitrogen and oxygen atoms in total. The second-order valence-corrected chi connectivity index (χ2v) is 11.0. The van der Waals surface area contributed by atoms with Crippen molar-refractivity contribution < 1.29 is 102 Å². The van der Waals surface area contributed by atoms with E-state index in [1.807, 2.05) is 0 Å². The molecule has 1 unspecified atom stereocenters. The third-order valence-electron chi connectivity index (χ3n) is 6.91. The smallest absolute Gasteiger partial charge is 0.454 e. The van der Waals surface area contributed by atoms with Gasteiger partial charge in [-0.1, -0.05) is 39.0 Å². The Kier molecular flexibility index (Phi) is 13.6. The summed E-state index contributed by atoms with van der Waals surface area (Å²) in [5, 5.41) is 0. The molecule has 1 aromatic heterocycles. The van der Waals surface area contributed by atoms with Crippen molar-refractivity contribution in [3.05, 3.63) is 42.2 Å². The molecule has 0 saturated heterocycles. The van der Waals surface area contributed by atoms with Crippen molar-refractivity contribution in [1.82, 2.24) is 9.97 Å². The molecule has 2 rings (SSSR count). The zero-order valence-electron chi connectivity index (χ0n) is 26.2. The van der Waals surface area contributed by atoms with Crippen molar-refractivity contribution >= 4 is 0 Å². The van der Waals surface area contributed by atoms with Crippen molar-refractivity contribution in [2.24, 2.45) is 0 Å². The normalized spacial score (nSPS) is 15.1. The zero-order valence-corrected chi connectivity index (χ0v) is 26.2. The van der Waals surface area contributed by atoms with E-state index < -0.39 is 66.4 Å². The number of aromatic nitrogens is 2. The predicted molar refractivity (Wildman–Crippen MR) is 138 cm³/mol. The molecule has 0 aliphatic rings. The fourth-order valence-corrected chi connectivity index (χ4v) is 3.88. The summed E-state index contributed by atoms with van der Waals surface area (Å²) in [4.78, 5) is 8.08. The number of rotatable bonds is 20. The molecule has 304 valence electrons. The first kappa shape index (κ1) is 45.8. The minimum absolute atomic E-state index is 0.0223. The highest BCUT2D eigenvalue weighted by Gasteiger charge is 2.86. The third kappa shape index (κ3) is 9.65. The van der Waals surface area contributed by atoms with Gasteiger partial charge in [0.25, 0.3) is 0 Å². The molecule has 0 aliphatic carbocycles. The molecule has 0 bridgehead atoms. The lowest BCUT2D eigenvalue weighted by Gasteiger charge is -2.38. The van der Waals surface area contributed by atoms with Crippen molar-refractivity contribution in [3.8, 4) is 17.1 Å². The van der Waals surface area contributed by atoms with Crippen LogP contribution in [0.3, 0.4) is 0 Å². The lowest BCUT2D eigenvalue weighted by molar-refractivity contribution is -0.556. The van der Waals surface area contributed by atoms with E-state index in [0.717, 1.165) is 56.2 Å². The van der Waals surface area contributed by atoms with Crippen LogP contribution >= 0.6 is 0 Å². The van der Waals surface area contributed by atoms with Gasteiger partial charge in [-0.05, 0) is 42.7 Å². The van der Waals surface area contributed by atoms with Crippen molar-refractivity contribution in [2.45, 2.75) is 113 Å². The first-order valence-corrected chi connectivity index (χ1v) is 14.5. The van der Waals surface area contributed by atoms with E-state index in [1.165, 1.54) is 21.9 Å². The van der Waals surface area contributed by atoms with Crippen LogP contribution in [0.25, 0.3) is 11.4 Å². The van der Waals surface area contributed by atoms with Crippen LogP contribution in [0, 0.1) is 0 Å². The molecule has 1 aromatic carbocycles. The first-order valence-electron chi connectivity index (χ1n) is 14.5. The number of alkyl halides is 20. The number of ether oxygens (including phenoxy) is 3. The fourth-order valence-electron chi connectivity index (χ4n) is 3.88. The predicted octanol–water partition coefficient (Wildman–Crippen LogP) is 11.2. The SMILES string of the molecule is CCCCCCCCc1cnc(-c2ccc(OC(F)C(F)(F)C(F)(F)C(F)(F)OC(F)(F)C(F)(F)OC(F)(F)C(F)(F)C(F)(F)C(F)(F)F)cc2)nc1. The van der Waals surface area contributed by atoms with Crippen LogP contribution < -0.4 is 4.74 Å². The van der Waals surface area contributed by atoms with Gasteiger partial charge < -0.3 is 4.74 Å². The Morgan fingerprint density at radius 1 is 0.547 bits per heavy atom. The second kappa shape index (κ2) is 15.8. The van der Waals surface area contributed by atoms with Gasteiger partial charge in [0.1, 0.15) is 5.75 Å². The topological polar surface area (TPSA) is 53.5 Å². The molecule has 1 atom stereocenters. The summed E-state index contributed by atoms with van der Waals surface area (Å²) in [5.41, 5.74) is 0.791. The number of hydrogen-bond donors (Lipinski definition) is 0. The highest BCUT2D eigenvalue weighted by molar-refractivity contribution is 5.55. The van der Waals surface area contributed by atoms with Gasteiger partial charge in [0.05, 0.1) is 0 Å². The standard InChI is InChI=1S/C28H24F20N2O3/c1-2-3-4-5-6-7-8-15-13-49-18(50-14-15)16-9-11-17(12-10-16)51-19(29)20(30,31)21(32,33)25(41,42)52-27(45,46)28(47,48)53-26(43,44)23(36,37)22(34,35)24(38,39)40/h9-14,19H,2-8H2,1H3. The van der Waals surface area contributed by atoms with Crippen LogP contribution in [0.4, 0.5) is 87.8 Å². The molecule has 1 heterocycles. The van der Waals surface area contributed by atoms with Gasteiger partial charge in [-0.2, -0.15) is 87.8 Å². The summed E-state index contributed by atoms with van der Waals surface area (Å²) in [7, 11) is 0. The number of nitrogens with zero attached hydrogens (tertiary/aromatic N) is 2. The minimum atomic E-state index is -8.25. The van der Waals surface area contributed by atoms with E-state index in [-0.39, 0.29) is 11.4 Å². The molecule has 0 radical (unpaired) electrons. The Labute approximate surface area is 284 Å².